The van der Waals surface area contributed by atoms with Crippen molar-refractivity contribution in [3.63, 3.8) is 0 Å². The maximum atomic E-state index is 12.1. The summed E-state index contributed by atoms with van der Waals surface area (Å²) < 4.78 is 0. The Labute approximate surface area is 90.7 Å². The minimum atomic E-state index is -1.06. The Bertz CT molecular complexity index is 306. The van der Waals surface area contributed by atoms with E-state index < -0.39 is 5.60 Å². The van der Waals surface area contributed by atoms with Gasteiger partial charge in [-0.15, -0.1) is 0 Å². The maximum Gasteiger partial charge on any atom is 0.193 e. The van der Waals surface area contributed by atoms with Gasteiger partial charge < -0.3 is 5.11 Å². The van der Waals surface area contributed by atoms with Crippen LogP contribution < -0.4 is 0 Å². The van der Waals surface area contributed by atoms with Gasteiger partial charge in [0.25, 0.3) is 0 Å². The lowest BCUT2D eigenvalue weighted by molar-refractivity contribution is -0.136. The molecule has 0 saturated heterocycles. The number of rotatable bonds is 2. The molecule has 2 aliphatic carbocycles. The second kappa shape index (κ2) is 4.31. The Morgan fingerprint density at radius 1 is 1.20 bits per heavy atom. The van der Waals surface area contributed by atoms with Crippen molar-refractivity contribution in [3.8, 4) is 0 Å². The minimum absolute atomic E-state index is 0.0573. The number of ketones is 1. The average molecular weight is 206 g/mol. The molecule has 0 atom stereocenters. The molecule has 2 rings (SSSR count). The highest BCUT2D eigenvalue weighted by atomic mass is 16.3. The van der Waals surface area contributed by atoms with E-state index in [1.165, 1.54) is 0 Å². The largest absolute Gasteiger partial charge is 0.382 e. The molecule has 0 radical (unpaired) electrons. The molecule has 1 saturated carbocycles. The van der Waals surface area contributed by atoms with Gasteiger partial charge >= 0.3 is 0 Å². The van der Waals surface area contributed by atoms with E-state index in [2.05, 4.69) is 0 Å². The molecule has 0 aliphatic heterocycles. The highest BCUT2D eigenvalue weighted by Crippen LogP contribution is 2.31. The molecule has 0 aromatic heterocycles. The van der Waals surface area contributed by atoms with Gasteiger partial charge in [0.15, 0.2) is 5.78 Å². The molecule has 0 unspecified atom stereocenters. The van der Waals surface area contributed by atoms with E-state index in [9.17, 15) is 9.90 Å². The maximum absolute atomic E-state index is 12.1. The van der Waals surface area contributed by atoms with Crippen molar-refractivity contribution in [3.05, 3.63) is 23.8 Å². The SMILES string of the molecule is O=C(C1=CCCC=C1)C1(O)CCCCC1. The van der Waals surface area contributed by atoms with Crippen LogP contribution in [0.25, 0.3) is 0 Å². The Morgan fingerprint density at radius 3 is 2.53 bits per heavy atom. The van der Waals surface area contributed by atoms with Gasteiger partial charge in [0.1, 0.15) is 5.60 Å². The fourth-order valence-corrected chi connectivity index (χ4v) is 2.41. The molecule has 0 amide bonds. The standard InChI is InChI=1S/C13H18O2/c14-12(11-7-3-1-4-8-11)13(15)9-5-2-6-10-13/h3,7-8,15H,1-2,4-6,9-10H2. The van der Waals surface area contributed by atoms with E-state index in [-0.39, 0.29) is 5.78 Å². The molecule has 0 heterocycles. The van der Waals surface area contributed by atoms with Crippen LogP contribution in [-0.2, 0) is 4.79 Å². The molecule has 0 aromatic rings. The lowest BCUT2D eigenvalue weighted by Gasteiger charge is -2.31. The Morgan fingerprint density at radius 2 is 1.93 bits per heavy atom. The topological polar surface area (TPSA) is 37.3 Å². The van der Waals surface area contributed by atoms with Crippen LogP contribution in [0.3, 0.4) is 0 Å². The third-order valence-corrected chi connectivity index (χ3v) is 3.36. The van der Waals surface area contributed by atoms with Crippen LogP contribution >= 0.6 is 0 Å². The number of hydrogen-bond acceptors (Lipinski definition) is 2. The normalized spacial score (nSPS) is 24.7. The molecule has 2 heteroatoms. The number of carbonyl (C=O) groups is 1. The van der Waals surface area contributed by atoms with Crippen LogP contribution in [0.15, 0.2) is 23.8 Å². The Hall–Kier alpha value is -0.890. The van der Waals surface area contributed by atoms with Gasteiger partial charge in [-0.05, 0) is 25.7 Å². The predicted octanol–water partition coefficient (Wildman–Crippen LogP) is 2.53. The van der Waals surface area contributed by atoms with E-state index in [0.717, 1.165) is 32.1 Å². The first kappa shape index (κ1) is 10.6. The fourth-order valence-electron chi connectivity index (χ4n) is 2.41. The summed E-state index contributed by atoms with van der Waals surface area (Å²) in [7, 11) is 0. The van der Waals surface area contributed by atoms with E-state index in [1.807, 2.05) is 18.2 Å². The first-order valence-electron chi connectivity index (χ1n) is 5.86. The van der Waals surface area contributed by atoms with Gasteiger partial charge in [-0.25, -0.2) is 0 Å². The van der Waals surface area contributed by atoms with Crippen molar-refractivity contribution in [2.75, 3.05) is 0 Å². The number of aliphatic hydroxyl groups is 1. The van der Waals surface area contributed by atoms with Gasteiger partial charge in [0, 0.05) is 5.57 Å². The highest BCUT2D eigenvalue weighted by molar-refractivity contribution is 6.04. The zero-order valence-corrected chi connectivity index (χ0v) is 9.04. The first-order chi connectivity index (χ1) is 7.22. The summed E-state index contributed by atoms with van der Waals surface area (Å²) >= 11 is 0. The Kier molecular flexibility index (Phi) is 3.06. The average Bonchev–Trinajstić information content (AvgIpc) is 2.30. The smallest absolute Gasteiger partial charge is 0.193 e. The third kappa shape index (κ3) is 2.20. The summed E-state index contributed by atoms with van der Waals surface area (Å²) in [6.45, 7) is 0. The summed E-state index contributed by atoms with van der Waals surface area (Å²) in [6.07, 6.45) is 12.1. The molecule has 82 valence electrons. The van der Waals surface area contributed by atoms with E-state index in [4.69, 9.17) is 0 Å². The number of carbonyl (C=O) groups excluding carboxylic acids is 1. The first-order valence-corrected chi connectivity index (χ1v) is 5.86. The van der Waals surface area contributed by atoms with E-state index in [1.54, 1.807) is 0 Å². The van der Waals surface area contributed by atoms with Crippen molar-refractivity contribution in [1.82, 2.24) is 0 Å². The molecule has 0 spiro atoms. The zero-order chi connectivity index (χ0) is 10.7. The van der Waals surface area contributed by atoms with Gasteiger partial charge in [-0.2, -0.15) is 0 Å². The van der Waals surface area contributed by atoms with Crippen molar-refractivity contribution in [2.24, 2.45) is 0 Å². The van der Waals surface area contributed by atoms with Crippen LogP contribution in [0.5, 0.6) is 0 Å². The van der Waals surface area contributed by atoms with Crippen LogP contribution in [-0.4, -0.2) is 16.5 Å². The molecule has 1 N–H and O–H groups in total. The zero-order valence-electron chi connectivity index (χ0n) is 9.04. The van der Waals surface area contributed by atoms with Crippen LogP contribution in [0.2, 0.25) is 0 Å². The van der Waals surface area contributed by atoms with Gasteiger partial charge in [-0.3, -0.25) is 4.79 Å². The van der Waals surface area contributed by atoms with Gasteiger partial charge in [-0.1, -0.05) is 37.5 Å². The molecule has 2 nitrogen and oxygen atoms in total. The van der Waals surface area contributed by atoms with Crippen molar-refractivity contribution in [2.45, 2.75) is 50.5 Å². The fraction of sp³-hybridized carbons (Fsp3) is 0.615. The highest BCUT2D eigenvalue weighted by Gasteiger charge is 2.37. The summed E-state index contributed by atoms with van der Waals surface area (Å²) in [5.74, 6) is -0.0573. The lowest BCUT2D eigenvalue weighted by Crippen LogP contribution is -2.41. The van der Waals surface area contributed by atoms with Crippen LogP contribution in [0, 0.1) is 0 Å². The summed E-state index contributed by atoms with van der Waals surface area (Å²) in [6, 6.07) is 0. The third-order valence-electron chi connectivity index (χ3n) is 3.36. The van der Waals surface area contributed by atoms with Crippen LogP contribution in [0.1, 0.15) is 44.9 Å². The van der Waals surface area contributed by atoms with E-state index in [0.29, 0.717) is 18.4 Å². The number of Topliss-reactive ketones (excluding diaryl/α,β-unsaturated/α-hetero) is 1. The molecule has 1 fully saturated rings. The predicted molar refractivity (Wildman–Crippen MR) is 59.5 cm³/mol. The molecular formula is C13H18O2. The quantitative estimate of drug-likeness (QED) is 0.753. The van der Waals surface area contributed by atoms with Crippen molar-refractivity contribution in [1.29, 1.82) is 0 Å². The molecular weight excluding hydrogens is 188 g/mol. The minimum Gasteiger partial charge on any atom is -0.382 e. The molecule has 0 bridgehead atoms. The van der Waals surface area contributed by atoms with E-state index >= 15 is 0 Å². The molecule has 0 aromatic carbocycles. The molecule has 2 aliphatic rings. The number of hydrogen-bond donors (Lipinski definition) is 1. The Balaban J connectivity index is 2.12. The van der Waals surface area contributed by atoms with Crippen molar-refractivity contribution < 1.29 is 9.90 Å². The van der Waals surface area contributed by atoms with Gasteiger partial charge in [0.2, 0.25) is 0 Å². The number of allylic oxidation sites excluding steroid dienone is 3. The monoisotopic (exact) mass is 206 g/mol. The van der Waals surface area contributed by atoms with Crippen LogP contribution in [0.4, 0.5) is 0 Å². The second-order valence-corrected chi connectivity index (χ2v) is 4.56. The lowest BCUT2D eigenvalue weighted by atomic mass is 9.78. The van der Waals surface area contributed by atoms with Crippen molar-refractivity contribution >= 4 is 5.78 Å². The second-order valence-electron chi connectivity index (χ2n) is 4.56. The molecule has 15 heavy (non-hydrogen) atoms. The summed E-state index contributed by atoms with van der Waals surface area (Å²) in [5, 5.41) is 10.3. The summed E-state index contributed by atoms with van der Waals surface area (Å²) in [5.41, 5.74) is -0.350. The summed E-state index contributed by atoms with van der Waals surface area (Å²) in [4.78, 5) is 12.1. The van der Waals surface area contributed by atoms with Gasteiger partial charge in [0.05, 0.1) is 0 Å².